The molecule has 0 aliphatic heterocycles. The highest BCUT2D eigenvalue weighted by Crippen LogP contribution is 2.29. The van der Waals surface area contributed by atoms with Crippen molar-refractivity contribution >= 4 is 32.9 Å². The molecule has 1 N–H and O–H groups in total. The van der Waals surface area contributed by atoms with Gasteiger partial charge in [0.2, 0.25) is 0 Å². The van der Waals surface area contributed by atoms with Gasteiger partial charge in [0.25, 0.3) is 5.91 Å². The lowest BCUT2D eigenvalue weighted by Gasteiger charge is -2.17. The molecule has 1 aromatic heterocycles. The maximum absolute atomic E-state index is 12.8. The molecule has 35 heavy (non-hydrogen) atoms. The predicted octanol–water partition coefficient (Wildman–Crippen LogP) is 6.11. The van der Waals surface area contributed by atoms with Crippen LogP contribution in [0.2, 0.25) is 0 Å². The largest absolute Gasteiger partial charge is 0.493 e. The standard InChI is InChI=1S/C28H28BrN3O3/c1-4-7-20-10-15-25(26(18-20)34-3)35-17-16-32-24-9-6-5-8-23(24)31-27(32)19(2)30-28(33)21-11-13-22(29)14-12-21/h4-6,8-15,18-19H,1,7,16-17H2,2-3H3,(H,30,33). The second-order valence-corrected chi connectivity index (χ2v) is 9.05. The summed E-state index contributed by atoms with van der Waals surface area (Å²) in [6.45, 7) is 6.71. The SMILES string of the molecule is C=CCc1ccc(OCCn2c(C(C)NC(=O)c3ccc(Br)cc3)nc3ccccc32)c(OC)c1. The number of halogens is 1. The van der Waals surface area contributed by atoms with Crippen molar-refractivity contribution in [1.82, 2.24) is 14.9 Å². The predicted molar refractivity (Wildman–Crippen MR) is 142 cm³/mol. The first-order chi connectivity index (χ1) is 17.0. The number of aromatic nitrogens is 2. The van der Waals surface area contributed by atoms with Gasteiger partial charge in [0, 0.05) is 10.0 Å². The summed E-state index contributed by atoms with van der Waals surface area (Å²) in [5.41, 5.74) is 3.57. The van der Waals surface area contributed by atoms with Crippen molar-refractivity contribution in [3.63, 3.8) is 0 Å². The first-order valence-electron chi connectivity index (χ1n) is 11.4. The third kappa shape index (κ3) is 5.74. The summed E-state index contributed by atoms with van der Waals surface area (Å²) in [5, 5.41) is 3.07. The fourth-order valence-electron chi connectivity index (χ4n) is 3.98. The van der Waals surface area contributed by atoms with Crippen LogP contribution in [0.15, 0.2) is 83.9 Å². The van der Waals surface area contributed by atoms with Gasteiger partial charge in [0.05, 0.1) is 30.7 Å². The lowest BCUT2D eigenvalue weighted by atomic mass is 10.1. The number of imidazole rings is 1. The molecule has 1 heterocycles. The minimum absolute atomic E-state index is 0.149. The molecule has 0 spiro atoms. The minimum atomic E-state index is -0.300. The molecule has 0 aliphatic carbocycles. The van der Waals surface area contributed by atoms with E-state index < -0.39 is 0 Å². The van der Waals surface area contributed by atoms with Crippen LogP contribution in [0.3, 0.4) is 0 Å². The van der Waals surface area contributed by atoms with Gasteiger partial charge in [-0.15, -0.1) is 6.58 Å². The van der Waals surface area contributed by atoms with Gasteiger partial charge >= 0.3 is 0 Å². The third-order valence-corrected chi connectivity index (χ3v) is 6.23. The molecule has 180 valence electrons. The Labute approximate surface area is 213 Å². The molecule has 4 aromatic rings. The monoisotopic (exact) mass is 533 g/mol. The first-order valence-corrected chi connectivity index (χ1v) is 12.2. The lowest BCUT2D eigenvalue weighted by Crippen LogP contribution is -2.29. The van der Waals surface area contributed by atoms with Crippen LogP contribution in [0.1, 0.15) is 34.7 Å². The first kappa shape index (κ1) is 24.5. The molecule has 1 unspecified atom stereocenters. The Hall–Kier alpha value is -3.58. The zero-order chi connectivity index (χ0) is 24.8. The molecule has 0 radical (unpaired) electrons. The Morgan fingerprint density at radius 3 is 2.66 bits per heavy atom. The molecule has 0 bridgehead atoms. The Kier molecular flexibility index (Phi) is 7.87. The molecule has 3 aromatic carbocycles. The van der Waals surface area contributed by atoms with Crippen molar-refractivity contribution in [3.05, 3.63) is 101 Å². The van der Waals surface area contributed by atoms with Gasteiger partial charge in [-0.1, -0.05) is 40.2 Å². The van der Waals surface area contributed by atoms with E-state index in [1.54, 1.807) is 19.2 Å². The average Bonchev–Trinajstić information content (AvgIpc) is 3.24. The highest BCUT2D eigenvalue weighted by Gasteiger charge is 2.19. The van der Waals surface area contributed by atoms with Gasteiger partial charge in [0.15, 0.2) is 11.5 Å². The fraction of sp³-hybridized carbons (Fsp3) is 0.214. The van der Waals surface area contributed by atoms with Crippen LogP contribution in [0.4, 0.5) is 0 Å². The molecule has 7 heteroatoms. The zero-order valence-corrected chi connectivity index (χ0v) is 21.4. The Morgan fingerprint density at radius 1 is 1.14 bits per heavy atom. The molecule has 4 rings (SSSR count). The second-order valence-electron chi connectivity index (χ2n) is 8.14. The number of amides is 1. The number of carbonyl (C=O) groups excluding carboxylic acids is 1. The van der Waals surface area contributed by atoms with E-state index in [-0.39, 0.29) is 11.9 Å². The number of rotatable bonds is 10. The molecule has 0 saturated carbocycles. The van der Waals surface area contributed by atoms with Gasteiger partial charge in [-0.05, 0) is 67.4 Å². The van der Waals surface area contributed by atoms with Gasteiger partial charge in [-0.25, -0.2) is 4.98 Å². The number of fused-ring (bicyclic) bond motifs is 1. The highest BCUT2D eigenvalue weighted by atomic mass is 79.9. The smallest absolute Gasteiger partial charge is 0.251 e. The molecule has 1 amide bonds. The van der Waals surface area contributed by atoms with Crippen molar-refractivity contribution in [2.45, 2.75) is 25.9 Å². The van der Waals surface area contributed by atoms with E-state index in [9.17, 15) is 4.79 Å². The van der Waals surface area contributed by atoms with Crippen molar-refractivity contribution in [2.24, 2.45) is 0 Å². The van der Waals surface area contributed by atoms with E-state index in [0.717, 1.165) is 33.3 Å². The van der Waals surface area contributed by atoms with Crippen molar-refractivity contribution in [2.75, 3.05) is 13.7 Å². The van der Waals surface area contributed by atoms with Crippen LogP contribution in [0, 0.1) is 0 Å². The number of methoxy groups -OCH3 is 1. The van der Waals surface area contributed by atoms with Gasteiger partial charge in [0.1, 0.15) is 12.4 Å². The second kappa shape index (κ2) is 11.2. The maximum atomic E-state index is 12.8. The van der Waals surface area contributed by atoms with Gasteiger partial charge in [-0.3, -0.25) is 4.79 Å². The minimum Gasteiger partial charge on any atom is -0.493 e. The Balaban J connectivity index is 1.52. The number of hydrogen-bond donors (Lipinski definition) is 1. The molecule has 0 aliphatic rings. The molecular formula is C28H28BrN3O3. The van der Waals surface area contributed by atoms with Crippen LogP contribution in [-0.2, 0) is 13.0 Å². The van der Waals surface area contributed by atoms with Gasteiger partial charge in [-0.2, -0.15) is 0 Å². The molecular weight excluding hydrogens is 506 g/mol. The number of nitrogens with zero attached hydrogens (tertiary/aromatic N) is 2. The number of para-hydroxylation sites is 2. The quantitative estimate of drug-likeness (QED) is 0.250. The third-order valence-electron chi connectivity index (χ3n) is 5.71. The van der Waals surface area contributed by atoms with Gasteiger partial charge < -0.3 is 19.4 Å². The summed E-state index contributed by atoms with van der Waals surface area (Å²) >= 11 is 3.40. The van der Waals surface area contributed by atoms with Crippen molar-refractivity contribution in [3.8, 4) is 11.5 Å². The summed E-state index contributed by atoms with van der Waals surface area (Å²) < 4.78 is 14.6. The number of hydrogen-bond acceptors (Lipinski definition) is 4. The van der Waals surface area contributed by atoms with Crippen LogP contribution in [0.5, 0.6) is 11.5 Å². The summed E-state index contributed by atoms with van der Waals surface area (Å²) in [5.74, 6) is 2.00. The molecule has 1 atom stereocenters. The number of allylic oxidation sites excluding steroid dienone is 1. The van der Waals surface area contributed by atoms with Crippen molar-refractivity contribution < 1.29 is 14.3 Å². The number of nitrogens with one attached hydrogen (secondary N) is 1. The van der Waals surface area contributed by atoms with Crippen LogP contribution < -0.4 is 14.8 Å². The van der Waals surface area contributed by atoms with E-state index in [0.29, 0.717) is 30.2 Å². The number of carbonyl (C=O) groups is 1. The lowest BCUT2D eigenvalue weighted by molar-refractivity contribution is 0.0937. The molecule has 6 nitrogen and oxygen atoms in total. The molecule has 0 fully saturated rings. The zero-order valence-electron chi connectivity index (χ0n) is 19.8. The topological polar surface area (TPSA) is 65.4 Å². The number of ether oxygens (including phenoxy) is 2. The summed E-state index contributed by atoms with van der Waals surface area (Å²) in [4.78, 5) is 17.6. The Morgan fingerprint density at radius 2 is 1.91 bits per heavy atom. The van der Waals surface area contributed by atoms with E-state index in [1.165, 1.54) is 0 Å². The summed E-state index contributed by atoms with van der Waals surface area (Å²) in [7, 11) is 1.64. The van der Waals surface area contributed by atoms with E-state index in [4.69, 9.17) is 14.5 Å². The average molecular weight is 534 g/mol. The summed E-state index contributed by atoms with van der Waals surface area (Å²) in [6, 6.07) is 20.8. The van der Waals surface area contributed by atoms with Crippen LogP contribution in [-0.4, -0.2) is 29.2 Å². The number of benzene rings is 3. The maximum Gasteiger partial charge on any atom is 0.251 e. The fourth-order valence-corrected chi connectivity index (χ4v) is 4.24. The highest BCUT2D eigenvalue weighted by molar-refractivity contribution is 9.10. The van der Waals surface area contributed by atoms with E-state index in [1.807, 2.05) is 67.6 Å². The van der Waals surface area contributed by atoms with Crippen LogP contribution in [0.25, 0.3) is 11.0 Å². The molecule has 0 saturated heterocycles. The summed E-state index contributed by atoms with van der Waals surface area (Å²) in [6.07, 6.45) is 2.63. The van der Waals surface area contributed by atoms with E-state index in [2.05, 4.69) is 32.4 Å². The normalized spacial score (nSPS) is 11.7. The van der Waals surface area contributed by atoms with Crippen molar-refractivity contribution in [1.29, 1.82) is 0 Å². The Bertz CT molecular complexity index is 1330. The van der Waals surface area contributed by atoms with E-state index >= 15 is 0 Å². The van der Waals surface area contributed by atoms with Crippen LogP contribution >= 0.6 is 15.9 Å².